The lowest BCUT2D eigenvalue weighted by Gasteiger charge is -2.38. The molecule has 0 saturated carbocycles. The summed E-state index contributed by atoms with van der Waals surface area (Å²) < 4.78 is 0. The van der Waals surface area contributed by atoms with Crippen LogP contribution < -0.4 is 5.30 Å². The van der Waals surface area contributed by atoms with E-state index in [0.29, 0.717) is 21.7 Å². The summed E-state index contributed by atoms with van der Waals surface area (Å²) in [6, 6.07) is 2.76. The highest BCUT2D eigenvalue weighted by molar-refractivity contribution is 7.27. The lowest BCUT2D eigenvalue weighted by Crippen LogP contribution is -2.32. The third-order valence-electron chi connectivity index (χ3n) is 10.3. The maximum Gasteiger partial charge on any atom is -0.00415 e. The Balaban J connectivity index is 2.46. The van der Waals surface area contributed by atoms with E-state index in [1.165, 1.54) is 69.5 Å². The second-order valence-corrected chi connectivity index (χ2v) is 10.9. The lowest BCUT2D eigenvalue weighted by atomic mass is 9.70. The van der Waals surface area contributed by atoms with Crippen molar-refractivity contribution in [3.8, 4) is 0 Å². The molecule has 29 heavy (non-hydrogen) atoms. The molecule has 0 N–H and O–H groups in total. The molecule has 0 atom stereocenters. The van der Waals surface area contributed by atoms with Gasteiger partial charge in [0.15, 0.2) is 0 Å². The van der Waals surface area contributed by atoms with Crippen molar-refractivity contribution in [1.82, 2.24) is 0 Å². The summed E-state index contributed by atoms with van der Waals surface area (Å²) in [4.78, 5) is 0. The number of fused-ring (bicyclic) bond motifs is 2. The predicted molar refractivity (Wildman–Crippen MR) is 133 cm³/mol. The van der Waals surface area contributed by atoms with Crippen LogP contribution in [0.2, 0.25) is 0 Å². The van der Waals surface area contributed by atoms with Crippen molar-refractivity contribution in [3.63, 3.8) is 0 Å². The summed E-state index contributed by atoms with van der Waals surface area (Å²) >= 11 is 0. The monoisotopic (exact) mass is 413 g/mol. The van der Waals surface area contributed by atoms with E-state index in [1.807, 2.05) is 0 Å². The molecule has 0 nitrogen and oxygen atoms in total. The largest absolute Gasteiger partial charge is 0.524 e. The first-order chi connectivity index (χ1) is 13.8. The van der Waals surface area contributed by atoms with Gasteiger partial charge in [0.2, 0.25) is 0 Å². The van der Waals surface area contributed by atoms with E-state index in [2.05, 4.69) is 70.7 Å². The van der Waals surface area contributed by atoms with Crippen LogP contribution in [0.3, 0.4) is 0 Å². The maximum absolute atomic E-state index is 4.38. The fraction of sp³-hybridized carbons (Fsp3) is 0.786. The molecule has 1 heteroatoms. The molecule has 0 spiro atoms. The van der Waals surface area contributed by atoms with Crippen molar-refractivity contribution >= 4 is 14.5 Å². The Hall–Kier alpha value is -0.350. The minimum atomic E-state index is 0.338. The van der Waals surface area contributed by atoms with Crippen LogP contribution >= 0.6 is 9.24 Å². The zero-order valence-corrected chi connectivity index (χ0v) is 21.6. The highest BCUT2D eigenvalue weighted by atomic mass is 31.0. The van der Waals surface area contributed by atoms with E-state index in [0.717, 1.165) is 0 Å². The molecule has 3 rings (SSSR count). The first-order valence-electron chi connectivity index (χ1n) is 12.7. The summed E-state index contributed by atoms with van der Waals surface area (Å²) in [5.74, 6) is 0. The molecule has 0 aliphatic heterocycles. The van der Waals surface area contributed by atoms with Crippen LogP contribution in [0.1, 0.15) is 142 Å². The molecule has 0 unspecified atom stereocenters. The molecular weight excluding hydrogens is 367 g/mol. The second kappa shape index (κ2) is 7.97. The standard InChI is InChI=1S/C28H46P/c1-9-25(10-2)18-27(13-5,14-6)22-20(25)17-21-23(24(22)29)28(15-7,16-8)19-26(21,11-3)12-4/h17,29H,9-16,18-19H2,1-8H3/q-1. The smallest absolute Gasteiger partial charge is 0.00415 e. The van der Waals surface area contributed by atoms with Crippen molar-refractivity contribution in [2.45, 2.75) is 141 Å². The number of hydrogen-bond acceptors (Lipinski definition) is 0. The molecule has 2 aliphatic rings. The topological polar surface area (TPSA) is 0 Å². The van der Waals surface area contributed by atoms with E-state index < -0.39 is 0 Å². The zero-order chi connectivity index (χ0) is 21.7. The van der Waals surface area contributed by atoms with Crippen LogP contribution in [0.4, 0.5) is 0 Å². The van der Waals surface area contributed by atoms with E-state index in [4.69, 9.17) is 0 Å². The first-order valence-corrected chi connectivity index (χ1v) is 13.2. The van der Waals surface area contributed by atoms with Crippen molar-refractivity contribution < 1.29 is 0 Å². The van der Waals surface area contributed by atoms with Crippen molar-refractivity contribution in [1.29, 1.82) is 0 Å². The van der Waals surface area contributed by atoms with Gasteiger partial charge in [-0.15, -0.1) is 0 Å². The molecule has 164 valence electrons. The Labute approximate surface area is 184 Å². The molecule has 0 bridgehead atoms. The van der Waals surface area contributed by atoms with Crippen LogP contribution in [-0.4, -0.2) is 0 Å². The Morgan fingerprint density at radius 1 is 0.552 bits per heavy atom. The summed E-state index contributed by atoms with van der Waals surface area (Å²) in [7, 11) is 4.38. The van der Waals surface area contributed by atoms with Gasteiger partial charge in [0.1, 0.15) is 0 Å². The van der Waals surface area contributed by atoms with Gasteiger partial charge >= 0.3 is 0 Å². The van der Waals surface area contributed by atoms with E-state index in [1.54, 1.807) is 22.3 Å². The molecule has 0 radical (unpaired) electrons. The molecule has 1 aromatic carbocycles. The summed E-state index contributed by atoms with van der Waals surface area (Å²) in [6.07, 6.45) is 12.8. The molecule has 0 amide bonds. The van der Waals surface area contributed by atoms with Gasteiger partial charge in [-0.25, -0.2) is 0 Å². The molecule has 0 aromatic heterocycles. The average molecular weight is 414 g/mol. The fourth-order valence-electron chi connectivity index (χ4n) is 7.75. The van der Waals surface area contributed by atoms with Gasteiger partial charge in [-0.05, 0) is 97.0 Å². The van der Waals surface area contributed by atoms with Crippen LogP contribution in [0.25, 0.3) is 0 Å². The molecule has 0 heterocycles. The van der Waals surface area contributed by atoms with Gasteiger partial charge in [-0.3, -0.25) is 0 Å². The summed E-state index contributed by atoms with van der Waals surface area (Å²) in [6.45, 7) is 19.5. The Bertz CT molecular complexity index is 680. The minimum Gasteiger partial charge on any atom is -0.524 e. The van der Waals surface area contributed by atoms with Crippen molar-refractivity contribution in [2.75, 3.05) is 0 Å². The van der Waals surface area contributed by atoms with E-state index in [9.17, 15) is 0 Å². The van der Waals surface area contributed by atoms with Gasteiger partial charge in [-0.2, -0.15) is 5.30 Å². The molecule has 2 aliphatic carbocycles. The SMILES string of the molecule is CCC1(CC)CC(CC)(CC)c2c1cc1c(c2[PH-])C(CC)(CC)CC1(CC)CC. The summed E-state index contributed by atoms with van der Waals surface area (Å²) in [5.41, 5.74) is 8.22. The summed E-state index contributed by atoms with van der Waals surface area (Å²) in [5, 5.41) is 1.51. The Morgan fingerprint density at radius 2 is 0.828 bits per heavy atom. The Kier molecular flexibility index (Phi) is 6.40. The van der Waals surface area contributed by atoms with Gasteiger partial charge < -0.3 is 9.24 Å². The van der Waals surface area contributed by atoms with Gasteiger partial charge in [-0.1, -0.05) is 72.6 Å². The quantitative estimate of drug-likeness (QED) is 0.375. The number of hydrogen-bond donors (Lipinski definition) is 0. The number of benzene rings is 1. The normalized spacial score (nSPS) is 22.5. The van der Waals surface area contributed by atoms with Gasteiger partial charge in [0.25, 0.3) is 0 Å². The molecule has 1 aromatic rings. The third-order valence-corrected chi connectivity index (χ3v) is 10.8. The zero-order valence-electron chi connectivity index (χ0n) is 20.6. The van der Waals surface area contributed by atoms with E-state index in [-0.39, 0.29) is 0 Å². The van der Waals surface area contributed by atoms with E-state index >= 15 is 0 Å². The highest BCUT2D eigenvalue weighted by Gasteiger charge is 2.54. The van der Waals surface area contributed by atoms with Crippen LogP contribution in [0, 0.1) is 0 Å². The fourth-order valence-corrected chi connectivity index (χ4v) is 8.55. The third kappa shape index (κ3) is 2.87. The van der Waals surface area contributed by atoms with Crippen LogP contribution in [-0.2, 0) is 21.7 Å². The van der Waals surface area contributed by atoms with Gasteiger partial charge in [0.05, 0.1) is 0 Å². The second-order valence-electron chi connectivity index (χ2n) is 10.4. The predicted octanol–water partition coefficient (Wildman–Crippen LogP) is 8.49. The van der Waals surface area contributed by atoms with Gasteiger partial charge in [0, 0.05) is 0 Å². The Morgan fingerprint density at radius 3 is 1.07 bits per heavy atom. The molecular formula is C28H46P-. The van der Waals surface area contributed by atoms with Crippen LogP contribution in [0.5, 0.6) is 0 Å². The van der Waals surface area contributed by atoms with Crippen molar-refractivity contribution in [3.05, 3.63) is 28.3 Å². The van der Waals surface area contributed by atoms with Crippen molar-refractivity contribution in [2.24, 2.45) is 0 Å². The molecule has 0 saturated heterocycles. The highest BCUT2D eigenvalue weighted by Crippen LogP contribution is 2.62. The maximum atomic E-state index is 4.38. The molecule has 0 fully saturated rings. The van der Waals surface area contributed by atoms with Crippen LogP contribution in [0.15, 0.2) is 6.07 Å². The average Bonchev–Trinajstić information content (AvgIpc) is 3.23. The lowest BCUT2D eigenvalue weighted by molar-refractivity contribution is 0.279. The minimum absolute atomic E-state index is 0.338. The number of rotatable bonds is 8. The first kappa shape index (κ1) is 23.3.